The number of hydrogen-bond acceptors (Lipinski definition) is 3. The van der Waals surface area contributed by atoms with Gasteiger partial charge in [0.15, 0.2) is 5.96 Å². The van der Waals surface area contributed by atoms with Gasteiger partial charge in [0.2, 0.25) is 0 Å². The minimum absolute atomic E-state index is 0. The third-order valence-corrected chi connectivity index (χ3v) is 4.93. The van der Waals surface area contributed by atoms with E-state index in [4.69, 9.17) is 4.74 Å². The fourth-order valence-corrected chi connectivity index (χ4v) is 3.04. The lowest BCUT2D eigenvalue weighted by Gasteiger charge is -2.14. The van der Waals surface area contributed by atoms with Crippen LogP contribution in [0.15, 0.2) is 72.0 Å². The lowest BCUT2D eigenvalue weighted by molar-refractivity contribution is 0.296. The molecule has 0 unspecified atom stereocenters. The maximum atomic E-state index is 5.99. The van der Waals surface area contributed by atoms with Crippen LogP contribution in [0.1, 0.15) is 24.0 Å². The van der Waals surface area contributed by atoms with E-state index < -0.39 is 0 Å². The average Bonchev–Trinajstić information content (AvgIpc) is 3.49. The first-order chi connectivity index (χ1) is 14.3. The fourth-order valence-electron chi connectivity index (χ4n) is 3.04. The quantitative estimate of drug-likeness (QED) is 0.268. The van der Waals surface area contributed by atoms with E-state index in [2.05, 4.69) is 26.8 Å². The van der Waals surface area contributed by atoms with Gasteiger partial charge in [0.05, 0.1) is 18.5 Å². The van der Waals surface area contributed by atoms with Gasteiger partial charge in [-0.1, -0.05) is 36.4 Å². The molecule has 0 spiro atoms. The molecule has 0 saturated heterocycles. The van der Waals surface area contributed by atoms with Crippen LogP contribution in [0.25, 0.3) is 5.69 Å². The maximum Gasteiger partial charge on any atom is 0.191 e. The zero-order chi connectivity index (χ0) is 19.9. The van der Waals surface area contributed by atoms with Gasteiger partial charge in [0, 0.05) is 37.5 Å². The van der Waals surface area contributed by atoms with Gasteiger partial charge < -0.3 is 15.4 Å². The molecule has 1 heterocycles. The van der Waals surface area contributed by atoms with Gasteiger partial charge in [-0.15, -0.1) is 24.0 Å². The minimum Gasteiger partial charge on any atom is -0.493 e. The zero-order valence-electron chi connectivity index (χ0n) is 17.1. The summed E-state index contributed by atoms with van der Waals surface area (Å²) in [4.78, 5) is 4.32. The molecule has 30 heavy (non-hydrogen) atoms. The summed E-state index contributed by atoms with van der Waals surface area (Å²) in [6.07, 6.45) is 6.47. The monoisotopic (exact) mass is 517 g/mol. The van der Waals surface area contributed by atoms with Gasteiger partial charge in [-0.3, -0.25) is 4.99 Å². The Hall–Kier alpha value is -2.55. The van der Waals surface area contributed by atoms with E-state index in [0.29, 0.717) is 13.1 Å². The number of aliphatic imine (C=N–C) groups is 1. The topological polar surface area (TPSA) is 63.5 Å². The van der Waals surface area contributed by atoms with Gasteiger partial charge >= 0.3 is 0 Å². The lowest BCUT2D eigenvalue weighted by Crippen LogP contribution is -2.36. The average molecular weight is 517 g/mol. The highest BCUT2D eigenvalue weighted by Crippen LogP contribution is 2.30. The summed E-state index contributed by atoms with van der Waals surface area (Å²) >= 11 is 0. The third kappa shape index (κ3) is 6.22. The molecule has 0 atom stereocenters. The zero-order valence-corrected chi connectivity index (χ0v) is 19.5. The summed E-state index contributed by atoms with van der Waals surface area (Å²) in [5, 5.41) is 11.1. The Balaban J connectivity index is 0.00000256. The Kier molecular flexibility index (Phi) is 8.12. The molecule has 0 bridgehead atoms. The van der Waals surface area contributed by atoms with Crippen molar-refractivity contribution in [2.24, 2.45) is 10.9 Å². The number of nitrogens with zero attached hydrogens (tertiary/aromatic N) is 3. The molecule has 0 radical (unpaired) electrons. The molecular formula is C23H28IN5O. The van der Waals surface area contributed by atoms with Crippen LogP contribution in [0.3, 0.4) is 0 Å². The predicted octanol–water partition coefficient (Wildman–Crippen LogP) is 4.14. The van der Waals surface area contributed by atoms with Crippen molar-refractivity contribution in [1.82, 2.24) is 20.4 Å². The van der Waals surface area contributed by atoms with Crippen molar-refractivity contribution in [3.63, 3.8) is 0 Å². The van der Waals surface area contributed by atoms with E-state index >= 15 is 0 Å². The number of ether oxygens (including phenoxy) is 1. The smallest absolute Gasteiger partial charge is 0.191 e. The number of guanidine groups is 1. The van der Waals surface area contributed by atoms with Crippen molar-refractivity contribution in [1.29, 1.82) is 0 Å². The van der Waals surface area contributed by atoms with Gasteiger partial charge in [0.25, 0.3) is 0 Å². The first-order valence-electron chi connectivity index (χ1n) is 10.1. The molecule has 2 N–H and O–H groups in total. The Morgan fingerprint density at radius 3 is 2.57 bits per heavy atom. The molecule has 1 aliphatic carbocycles. The second-order valence-corrected chi connectivity index (χ2v) is 7.27. The molecular weight excluding hydrogens is 489 g/mol. The number of hydrogen-bond donors (Lipinski definition) is 2. The standard InChI is InChI=1S/C23H27N5O.HI/c1-24-23(25-13-19-14-27-28(16-19)21-8-3-2-4-9-21)26-15-20-7-5-6-10-22(20)29-17-18-11-12-18;/h2-10,14,16,18H,11-13,15,17H2,1H3,(H2,24,25,26);1H. The molecule has 6 nitrogen and oxygen atoms in total. The van der Waals surface area contributed by atoms with Crippen LogP contribution in [0.5, 0.6) is 5.75 Å². The summed E-state index contributed by atoms with van der Waals surface area (Å²) in [7, 11) is 1.78. The Labute approximate surface area is 194 Å². The van der Waals surface area contributed by atoms with E-state index in [1.54, 1.807) is 7.05 Å². The third-order valence-electron chi connectivity index (χ3n) is 4.93. The van der Waals surface area contributed by atoms with Crippen molar-refractivity contribution < 1.29 is 4.74 Å². The summed E-state index contributed by atoms with van der Waals surface area (Å²) in [5.74, 6) is 2.43. The highest BCUT2D eigenvalue weighted by molar-refractivity contribution is 14.0. The highest BCUT2D eigenvalue weighted by Gasteiger charge is 2.22. The van der Waals surface area contributed by atoms with Crippen LogP contribution in [0.4, 0.5) is 0 Å². The van der Waals surface area contributed by atoms with Gasteiger partial charge in [-0.25, -0.2) is 4.68 Å². The fraction of sp³-hybridized carbons (Fsp3) is 0.304. The van der Waals surface area contributed by atoms with Crippen molar-refractivity contribution in [2.75, 3.05) is 13.7 Å². The predicted molar refractivity (Wildman–Crippen MR) is 131 cm³/mol. The van der Waals surface area contributed by atoms with Crippen LogP contribution >= 0.6 is 24.0 Å². The number of benzene rings is 2. The van der Waals surface area contributed by atoms with E-state index in [1.165, 1.54) is 12.8 Å². The molecule has 0 amide bonds. The number of rotatable bonds is 8. The van der Waals surface area contributed by atoms with Crippen molar-refractivity contribution in [3.05, 3.63) is 78.1 Å². The van der Waals surface area contributed by atoms with Crippen LogP contribution < -0.4 is 15.4 Å². The van der Waals surface area contributed by atoms with Gasteiger partial charge in [-0.05, 0) is 37.0 Å². The molecule has 1 fully saturated rings. The summed E-state index contributed by atoms with van der Waals surface area (Å²) in [6.45, 7) is 2.12. The molecule has 158 valence electrons. The van der Waals surface area contributed by atoms with Crippen LogP contribution in [0.2, 0.25) is 0 Å². The largest absolute Gasteiger partial charge is 0.493 e. The molecule has 3 aromatic rings. The molecule has 4 rings (SSSR count). The molecule has 1 saturated carbocycles. The lowest BCUT2D eigenvalue weighted by atomic mass is 10.2. The van der Waals surface area contributed by atoms with E-state index in [-0.39, 0.29) is 24.0 Å². The van der Waals surface area contributed by atoms with E-state index in [1.807, 2.05) is 65.6 Å². The van der Waals surface area contributed by atoms with Crippen LogP contribution in [-0.2, 0) is 13.1 Å². The molecule has 1 aromatic heterocycles. The van der Waals surface area contributed by atoms with Crippen LogP contribution in [0, 0.1) is 5.92 Å². The summed E-state index contributed by atoms with van der Waals surface area (Å²) in [5.41, 5.74) is 3.27. The molecule has 0 aliphatic heterocycles. The van der Waals surface area contributed by atoms with E-state index in [9.17, 15) is 0 Å². The maximum absolute atomic E-state index is 5.99. The minimum atomic E-state index is 0. The van der Waals surface area contributed by atoms with Crippen LogP contribution in [-0.4, -0.2) is 29.4 Å². The summed E-state index contributed by atoms with van der Waals surface area (Å²) < 4.78 is 7.87. The Morgan fingerprint density at radius 2 is 1.80 bits per heavy atom. The first-order valence-corrected chi connectivity index (χ1v) is 10.1. The molecule has 7 heteroatoms. The number of halogens is 1. The van der Waals surface area contributed by atoms with E-state index in [0.717, 1.165) is 41.0 Å². The van der Waals surface area contributed by atoms with Crippen molar-refractivity contribution in [3.8, 4) is 11.4 Å². The Bertz CT molecular complexity index is 953. The second-order valence-electron chi connectivity index (χ2n) is 7.27. The van der Waals surface area contributed by atoms with Gasteiger partial charge in [-0.2, -0.15) is 5.10 Å². The molecule has 1 aliphatic rings. The first kappa shape index (κ1) is 22.1. The number of para-hydroxylation sites is 2. The second kappa shape index (κ2) is 11.0. The number of nitrogens with one attached hydrogen (secondary N) is 2. The van der Waals surface area contributed by atoms with Crippen molar-refractivity contribution >= 4 is 29.9 Å². The molecule has 2 aromatic carbocycles. The van der Waals surface area contributed by atoms with Gasteiger partial charge in [0.1, 0.15) is 5.75 Å². The number of aromatic nitrogens is 2. The van der Waals surface area contributed by atoms with Crippen molar-refractivity contribution in [2.45, 2.75) is 25.9 Å². The summed E-state index contributed by atoms with van der Waals surface area (Å²) in [6, 6.07) is 18.3. The SMILES string of the molecule is CN=C(NCc1cnn(-c2ccccc2)c1)NCc1ccccc1OCC1CC1.I. The Morgan fingerprint density at radius 1 is 1.07 bits per heavy atom. The normalized spacial score (nSPS) is 13.4. The highest BCUT2D eigenvalue weighted by atomic mass is 127.